The molecule has 0 N–H and O–H groups in total. The van der Waals surface area contributed by atoms with Crippen molar-refractivity contribution in [1.82, 2.24) is 0 Å². The van der Waals surface area contributed by atoms with Crippen molar-refractivity contribution in [2.24, 2.45) is 0 Å². The molecule has 23 heavy (non-hydrogen) atoms. The lowest BCUT2D eigenvalue weighted by atomic mass is 10.1. The van der Waals surface area contributed by atoms with Gasteiger partial charge in [-0.25, -0.2) is 9.18 Å². The predicted molar refractivity (Wildman–Crippen MR) is 84.9 cm³/mol. The highest BCUT2D eigenvalue weighted by Crippen LogP contribution is 2.20. The predicted octanol–water partition coefficient (Wildman–Crippen LogP) is 3.68. The molecule has 1 amide bonds. The molecule has 1 saturated heterocycles. The summed E-state index contributed by atoms with van der Waals surface area (Å²) in [5, 5.41) is 0. The van der Waals surface area contributed by atoms with E-state index in [4.69, 9.17) is 4.74 Å². The minimum Gasteiger partial charge on any atom is -0.447 e. The Morgan fingerprint density at radius 1 is 1.17 bits per heavy atom. The van der Waals surface area contributed by atoms with Gasteiger partial charge in [0.2, 0.25) is 0 Å². The number of amides is 1. The van der Waals surface area contributed by atoms with Gasteiger partial charge in [0.25, 0.3) is 0 Å². The molecule has 0 saturated carbocycles. The molecule has 0 unspecified atom stereocenters. The van der Waals surface area contributed by atoms with Crippen LogP contribution in [0.3, 0.4) is 0 Å². The number of allylic oxidation sites excluding steroid dienone is 1. The second-order valence-electron chi connectivity index (χ2n) is 5.07. The molecular weight excluding hydrogens is 297 g/mol. The van der Waals surface area contributed by atoms with Crippen LogP contribution in [0.4, 0.5) is 14.9 Å². The molecule has 5 heteroatoms. The van der Waals surface area contributed by atoms with E-state index in [1.165, 1.54) is 23.1 Å². The third kappa shape index (κ3) is 3.45. The molecule has 3 rings (SSSR count). The van der Waals surface area contributed by atoms with E-state index in [9.17, 15) is 14.0 Å². The smallest absolute Gasteiger partial charge is 0.414 e. The van der Waals surface area contributed by atoms with E-state index in [-0.39, 0.29) is 11.6 Å². The van der Waals surface area contributed by atoms with Crippen LogP contribution in [-0.4, -0.2) is 25.0 Å². The summed E-state index contributed by atoms with van der Waals surface area (Å²) < 4.78 is 18.0. The number of cyclic esters (lactones) is 1. The van der Waals surface area contributed by atoms with Crippen molar-refractivity contribution in [2.45, 2.75) is 0 Å². The topological polar surface area (TPSA) is 46.6 Å². The second kappa shape index (κ2) is 6.44. The van der Waals surface area contributed by atoms with E-state index in [1.807, 2.05) is 0 Å². The molecular formula is C18H14FNO3. The largest absolute Gasteiger partial charge is 0.447 e. The molecule has 0 bridgehead atoms. The van der Waals surface area contributed by atoms with Crippen LogP contribution in [0, 0.1) is 5.82 Å². The Hall–Kier alpha value is -2.95. The number of hydrogen-bond donors (Lipinski definition) is 0. The van der Waals surface area contributed by atoms with Gasteiger partial charge in [-0.1, -0.05) is 30.3 Å². The van der Waals surface area contributed by atoms with Crippen molar-refractivity contribution in [2.75, 3.05) is 18.1 Å². The van der Waals surface area contributed by atoms with Crippen molar-refractivity contribution in [3.63, 3.8) is 0 Å². The molecule has 1 fully saturated rings. The summed E-state index contributed by atoms with van der Waals surface area (Å²) in [4.78, 5) is 25.3. The highest BCUT2D eigenvalue weighted by molar-refractivity contribution is 6.07. The number of carbonyl (C=O) groups is 2. The highest BCUT2D eigenvalue weighted by Gasteiger charge is 2.23. The zero-order valence-electron chi connectivity index (χ0n) is 12.2. The lowest BCUT2D eigenvalue weighted by molar-refractivity contribution is 0.104. The summed E-state index contributed by atoms with van der Waals surface area (Å²) in [5.41, 5.74) is 1.69. The highest BCUT2D eigenvalue weighted by atomic mass is 19.1. The Morgan fingerprint density at radius 3 is 2.74 bits per heavy atom. The van der Waals surface area contributed by atoms with E-state index in [0.717, 1.165) is 0 Å². The maximum Gasteiger partial charge on any atom is 0.414 e. The molecule has 0 radical (unpaired) electrons. The SMILES string of the molecule is O=C(/C=C/c1cccc(F)c1)c1cccc(N2CCOC2=O)c1. The number of ether oxygens (including phenoxy) is 1. The third-order valence-corrected chi connectivity index (χ3v) is 3.48. The monoisotopic (exact) mass is 311 g/mol. The summed E-state index contributed by atoms with van der Waals surface area (Å²) in [6.45, 7) is 0.812. The van der Waals surface area contributed by atoms with Crippen LogP contribution in [0.25, 0.3) is 6.08 Å². The van der Waals surface area contributed by atoms with Gasteiger partial charge in [-0.2, -0.15) is 0 Å². The number of nitrogens with zero attached hydrogens (tertiary/aromatic N) is 1. The Balaban J connectivity index is 1.78. The van der Waals surface area contributed by atoms with Crippen molar-refractivity contribution in [3.05, 3.63) is 71.6 Å². The third-order valence-electron chi connectivity index (χ3n) is 3.48. The standard InChI is InChI=1S/C18H14FNO3/c19-15-5-1-3-13(11-15)7-8-17(21)14-4-2-6-16(12-14)20-9-10-23-18(20)22/h1-8,11-12H,9-10H2/b8-7+. The molecule has 0 aliphatic carbocycles. The fourth-order valence-corrected chi connectivity index (χ4v) is 2.33. The number of hydrogen-bond acceptors (Lipinski definition) is 3. The first kappa shape index (κ1) is 15.0. The first-order valence-electron chi connectivity index (χ1n) is 7.16. The van der Waals surface area contributed by atoms with Crippen molar-refractivity contribution < 1.29 is 18.7 Å². The van der Waals surface area contributed by atoms with Crippen molar-refractivity contribution in [3.8, 4) is 0 Å². The van der Waals surface area contributed by atoms with Crippen LogP contribution >= 0.6 is 0 Å². The molecule has 1 aliphatic rings. The summed E-state index contributed by atoms with van der Waals surface area (Å²) in [6.07, 6.45) is 2.53. The van der Waals surface area contributed by atoms with E-state index >= 15 is 0 Å². The summed E-state index contributed by atoms with van der Waals surface area (Å²) in [7, 11) is 0. The molecule has 116 valence electrons. The average molecular weight is 311 g/mol. The minimum absolute atomic E-state index is 0.219. The Kier molecular flexibility index (Phi) is 4.19. The van der Waals surface area contributed by atoms with Crippen LogP contribution in [0.5, 0.6) is 0 Å². The van der Waals surface area contributed by atoms with Crippen LogP contribution in [-0.2, 0) is 4.74 Å². The normalized spacial score (nSPS) is 14.3. The fraction of sp³-hybridized carbons (Fsp3) is 0.111. The number of ketones is 1. The van der Waals surface area contributed by atoms with Gasteiger partial charge in [-0.05, 0) is 35.9 Å². The van der Waals surface area contributed by atoms with Crippen LogP contribution < -0.4 is 4.90 Å². The number of rotatable bonds is 4. The van der Waals surface area contributed by atoms with E-state index < -0.39 is 6.09 Å². The quantitative estimate of drug-likeness (QED) is 0.639. The Morgan fingerprint density at radius 2 is 2.00 bits per heavy atom. The molecule has 0 aromatic heterocycles. The Labute approximate surface area is 132 Å². The number of carbonyl (C=O) groups excluding carboxylic acids is 2. The summed E-state index contributed by atoms with van der Waals surface area (Å²) in [6, 6.07) is 12.8. The Bertz CT molecular complexity index is 785. The molecule has 0 atom stereocenters. The maximum absolute atomic E-state index is 13.1. The number of benzene rings is 2. The van der Waals surface area contributed by atoms with Gasteiger partial charge in [-0.15, -0.1) is 0 Å². The van der Waals surface area contributed by atoms with Gasteiger partial charge in [-0.3, -0.25) is 9.69 Å². The molecule has 1 aliphatic heterocycles. The lowest BCUT2D eigenvalue weighted by Crippen LogP contribution is -2.23. The van der Waals surface area contributed by atoms with Crippen LogP contribution in [0.1, 0.15) is 15.9 Å². The lowest BCUT2D eigenvalue weighted by Gasteiger charge is -2.13. The van der Waals surface area contributed by atoms with E-state index in [0.29, 0.717) is 30.0 Å². The maximum atomic E-state index is 13.1. The molecule has 2 aromatic rings. The second-order valence-corrected chi connectivity index (χ2v) is 5.07. The molecule has 4 nitrogen and oxygen atoms in total. The molecule has 1 heterocycles. The van der Waals surface area contributed by atoms with Gasteiger partial charge < -0.3 is 4.74 Å². The van der Waals surface area contributed by atoms with Crippen LogP contribution in [0.2, 0.25) is 0 Å². The number of halogens is 1. The zero-order valence-corrected chi connectivity index (χ0v) is 12.2. The fourth-order valence-electron chi connectivity index (χ4n) is 2.33. The van der Waals surface area contributed by atoms with Crippen molar-refractivity contribution >= 4 is 23.6 Å². The van der Waals surface area contributed by atoms with E-state index in [2.05, 4.69) is 0 Å². The summed E-state index contributed by atoms with van der Waals surface area (Å²) in [5.74, 6) is -0.571. The van der Waals surface area contributed by atoms with Crippen molar-refractivity contribution in [1.29, 1.82) is 0 Å². The van der Waals surface area contributed by atoms with Gasteiger partial charge in [0.15, 0.2) is 5.78 Å². The first-order chi connectivity index (χ1) is 11.1. The van der Waals surface area contributed by atoms with Crippen LogP contribution in [0.15, 0.2) is 54.6 Å². The summed E-state index contributed by atoms with van der Waals surface area (Å²) >= 11 is 0. The molecule has 2 aromatic carbocycles. The van der Waals surface area contributed by atoms with Gasteiger partial charge in [0, 0.05) is 11.3 Å². The molecule has 0 spiro atoms. The van der Waals surface area contributed by atoms with Gasteiger partial charge >= 0.3 is 6.09 Å². The van der Waals surface area contributed by atoms with Gasteiger partial charge in [0.1, 0.15) is 12.4 Å². The average Bonchev–Trinajstić information content (AvgIpc) is 2.99. The van der Waals surface area contributed by atoms with E-state index in [1.54, 1.807) is 42.5 Å². The minimum atomic E-state index is -0.412. The van der Waals surface area contributed by atoms with Gasteiger partial charge in [0.05, 0.1) is 6.54 Å². The first-order valence-corrected chi connectivity index (χ1v) is 7.16. The number of anilines is 1. The zero-order chi connectivity index (χ0) is 16.2.